The normalized spacial score (nSPS) is 11.9. The summed E-state index contributed by atoms with van der Waals surface area (Å²) in [5, 5.41) is 11.9. The van der Waals surface area contributed by atoms with E-state index in [1.54, 1.807) is 12.1 Å². The van der Waals surface area contributed by atoms with Crippen molar-refractivity contribution < 1.29 is 19.0 Å². The first-order valence-corrected chi connectivity index (χ1v) is 5.95. The molecule has 0 heterocycles. The van der Waals surface area contributed by atoms with Gasteiger partial charge in [0.2, 0.25) is 0 Å². The fourth-order valence-corrected chi connectivity index (χ4v) is 1.42. The highest BCUT2D eigenvalue weighted by Gasteiger charge is 2.08. The smallest absolute Gasteiger partial charge is 0.258 e. The summed E-state index contributed by atoms with van der Waals surface area (Å²) in [5.74, 6) is -0.841. The highest BCUT2D eigenvalue weighted by Crippen LogP contribution is 2.14. The second-order valence-corrected chi connectivity index (χ2v) is 3.97. The van der Waals surface area contributed by atoms with Gasteiger partial charge in [0.25, 0.3) is 5.91 Å². The van der Waals surface area contributed by atoms with Gasteiger partial charge in [-0.15, -0.1) is 0 Å². The third kappa shape index (κ3) is 5.14. The van der Waals surface area contributed by atoms with Crippen molar-refractivity contribution in [3.8, 4) is 5.75 Å². The molecule has 0 bridgehead atoms. The molecule has 100 valence electrons. The third-order valence-electron chi connectivity index (χ3n) is 2.35. The van der Waals surface area contributed by atoms with Crippen LogP contribution in [-0.4, -0.2) is 30.3 Å². The summed E-state index contributed by atoms with van der Waals surface area (Å²) in [6.45, 7) is 1.87. The Labute approximate surface area is 106 Å². The highest BCUT2D eigenvalue weighted by atomic mass is 19.1. The van der Waals surface area contributed by atoms with Crippen LogP contribution in [0.15, 0.2) is 24.3 Å². The first kappa shape index (κ1) is 14.4. The Hall–Kier alpha value is -1.62. The molecule has 0 radical (unpaired) electrons. The molecule has 0 saturated carbocycles. The molecule has 0 aromatic heterocycles. The number of nitrogens with one attached hydrogen (secondary N) is 1. The van der Waals surface area contributed by atoms with Crippen LogP contribution in [0.5, 0.6) is 5.75 Å². The standard InChI is InChI=1S/C13H18FNO3/c1-2-5-10(16)8-15-13(17)9-18-12-7-4-3-6-11(12)14/h3-4,6-7,10,16H,2,5,8-9H2,1H3,(H,15,17). The Kier molecular flexibility index (Phi) is 6.14. The van der Waals surface area contributed by atoms with Gasteiger partial charge in [0.05, 0.1) is 6.10 Å². The van der Waals surface area contributed by atoms with Crippen LogP contribution in [0.25, 0.3) is 0 Å². The second-order valence-electron chi connectivity index (χ2n) is 3.97. The van der Waals surface area contributed by atoms with Crippen LogP contribution in [0.4, 0.5) is 4.39 Å². The zero-order chi connectivity index (χ0) is 13.4. The number of aliphatic hydroxyl groups is 1. The van der Waals surface area contributed by atoms with Crippen molar-refractivity contribution in [1.82, 2.24) is 5.32 Å². The molecule has 1 aromatic rings. The van der Waals surface area contributed by atoms with Gasteiger partial charge in [-0.2, -0.15) is 0 Å². The van der Waals surface area contributed by atoms with E-state index in [4.69, 9.17) is 4.74 Å². The molecule has 1 aromatic carbocycles. The molecule has 0 aliphatic heterocycles. The zero-order valence-corrected chi connectivity index (χ0v) is 10.4. The number of hydrogen-bond donors (Lipinski definition) is 2. The number of benzene rings is 1. The summed E-state index contributed by atoms with van der Waals surface area (Å²) >= 11 is 0. The Bertz CT molecular complexity index is 384. The van der Waals surface area contributed by atoms with Crippen molar-refractivity contribution >= 4 is 5.91 Å². The van der Waals surface area contributed by atoms with Crippen molar-refractivity contribution in [2.45, 2.75) is 25.9 Å². The van der Waals surface area contributed by atoms with Crippen LogP contribution >= 0.6 is 0 Å². The maximum Gasteiger partial charge on any atom is 0.258 e. The molecular formula is C13H18FNO3. The van der Waals surface area contributed by atoms with E-state index in [0.717, 1.165) is 6.42 Å². The number of rotatable bonds is 7. The van der Waals surface area contributed by atoms with Gasteiger partial charge in [-0.3, -0.25) is 4.79 Å². The van der Waals surface area contributed by atoms with Crippen LogP contribution in [0.1, 0.15) is 19.8 Å². The summed E-state index contributed by atoms with van der Waals surface area (Å²) in [6, 6.07) is 5.89. The number of carbonyl (C=O) groups is 1. The van der Waals surface area contributed by atoms with Crippen molar-refractivity contribution in [1.29, 1.82) is 0 Å². The highest BCUT2D eigenvalue weighted by molar-refractivity contribution is 5.77. The average Bonchev–Trinajstić information content (AvgIpc) is 2.36. The molecule has 0 fully saturated rings. The van der Waals surface area contributed by atoms with Crippen molar-refractivity contribution in [2.75, 3.05) is 13.2 Å². The van der Waals surface area contributed by atoms with Gasteiger partial charge >= 0.3 is 0 Å². The number of carbonyl (C=O) groups excluding carboxylic acids is 1. The number of para-hydroxylation sites is 1. The number of aliphatic hydroxyl groups excluding tert-OH is 1. The van der Waals surface area contributed by atoms with E-state index in [2.05, 4.69) is 5.32 Å². The van der Waals surface area contributed by atoms with Crippen LogP contribution < -0.4 is 10.1 Å². The fourth-order valence-electron chi connectivity index (χ4n) is 1.42. The minimum Gasteiger partial charge on any atom is -0.481 e. The lowest BCUT2D eigenvalue weighted by Crippen LogP contribution is -2.35. The van der Waals surface area contributed by atoms with E-state index < -0.39 is 11.9 Å². The lowest BCUT2D eigenvalue weighted by molar-refractivity contribution is -0.123. The first-order chi connectivity index (χ1) is 8.63. The molecule has 1 unspecified atom stereocenters. The fraction of sp³-hybridized carbons (Fsp3) is 0.462. The van der Waals surface area contributed by atoms with Crippen molar-refractivity contribution in [3.05, 3.63) is 30.1 Å². The van der Waals surface area contributed by atoms with Crippen LogP contribution in [0.3, 0.4) is 0 Å². The molecule has 4 nitrogen and oxygen atoms in total. The summed E-state index contributed by atoms with van der Waals surface area (Å²) in [6.07, 6.45) is 0.935. The van der Waals surface area contributed by atoms with Crippen LogP contribution in [0, 0.1) is 5.82 Å². The van der Waals surface area contributed by atoms with Gasteiger partial charge in [-0.25, -0.2) is 4.39 Å². The van der Waals surface area contributed by atoms with Gasteiger partial charge in [0.1, 0.15) is 0 Å². The van der Waals surface area contributed by atoms with Crippen molar-refractivity contribution in [2.24, 2.45) is 0 Å². The molecule has 0 spiro atoms. The van der Waals surface area contributed by atoms with Gasteiger partial charge < -0.3 is 15.2 Å². The lowest BCUT2D eigenvalue weighted by atomic mass is 10.2. The van der Waals surface area contributed by atoms with Gasteiger partial charge in [0.15, 0.2) is 18.2 Å². The van der Waals surface area contributed by atoms with E-state index in [9.17, 15) is 14.3 Å². The summed E-state index contributed by atoms with van der Waals surface area (Å²) < 4.78 is 18.2. The molecule has 1 atom stereocenters. The van der Waals surface area contributed by atoms with Gasteiger partial charge in [0, 0.05) is 6.54 Å². The summed E-state index contributed by atoms with van der Waals surface area (Å²) in [7, 11) is 0. The monoisotopic (exact) mass is 255 g/mol. The van der Waals surface area contributed by atoms with Gasteiger partial charge in [-0.05, 0) is 18.6 Å². The maximum atomic E-state index is 13.2. The van der Waals surface area contributed by atoms with Crippen LogP contribution in [0.2, 0.25) is 0 Å². The Morgan fingerprint density at radius 1 is 1.50 bits per heavy atom. The Morgan fingerprint density at radius 2 is 2.22 bits per heavy atom. The number of halogens is 1. The Morgan fingerprint density at radius 3 is 2.89 bits per heavy atom. The number of amides is 1. The lowest BCUT2D eigenvalue weighted by Gasteiger charge is -2.11. The molecule has 0 saturated heterocycles. The molecular weight excluding hydrogens is 237 g/mol. The minimum atomic E-state index is -0.549. The first-order valence-electron chi connectivity index (χ1n) is 5.95. The summed E-state index contributed by atoms with van der Waals surface area (Å²) in [5.41, 5.74) is 0. The number of hydrogen-bond acceptors (Lipinski definition) is 3. The maximum absolute atomic E-state index is 13.2. The topological polar surface area (TPSA) is 58.6 Å². The molecule has 0 aliphatic carbocycles. The number of ether oxygens (including phenoxy) is 1. The second kappa shape index (κ2) is 7.66. The minimum absolute atomic E-state index is 0.0433. The molecule has 1 amide bonds. The van der Waals surface area contributed by atoms with E-state index in [-0.39, 0.29) is 24.8 Å². The Balaban J connectivity index is 2.27. The molecule has 2 N–H and O–H groups in total. The molecule has 5 heteroatoms. The predicted molar refractivity (Wildman–Crippen MR) is 65.8 cm³/mol. The zero-order valence-electron chi connectivity index (χ0n) is 10.4. The summed E-state index contributed by atoms with van der Waals surface area (Å²) in [4.78, 5) is 11.4. The molecule has 18 heavy (non-hydrogen) atoms. The molecule has 0 aliphatic rings. The van der Waals surface area contributed by atoms with Gasteiger partial charge in [-0.1, -0.05) is 25.5 Å². The van der Waals surface area contributed by atoms with E-state index in [1.807, 2.05) is 6.92 Å². The SMILES string of the molecule is CCCC(O)CNC(=O)COc1ccccc1F. The average molecular weight is 255 g/mol. The molecule has 1 rings (SSSR count). The van der Waals surface area contributed by atoms with E-state index in [0.29, 0.717) is 6.42 Å². The van der Waals surface area contributed by atoms with E-state index in [1.165, 1.54) is 12.1 Å². The quantitative estimate of drug-likeness (QED) is 0.776. The third-order valence-corrected chi connectivity index (χ3v) is 2.35. The predicted octanol–water partition coefficient (Wildman–Crippen LogP) is 1.48. The van der Waals surface area contributed by atoms with Crippen molar-refractivity contribution in [3.63, 3.8) is 0 Å². The largest absolute Gasteiger partial charge is 0.481 e. The van der Waals surface area contributed by atoms with Crippen LogP contribution in [-0.2, 0) is 4.79 Å². The van der Waals surface area contributed by atoms with E-state index >= 15 is 0 Å².